The molecular weight excluding hydrogens is 271 g/mol. The number of esters is 1. The normalized spacial score (nSPS) is 12.3. The lowest BCUT2D eigenvalue weighted by molar-refractivity contribution is -0.141. The number of carbonyl (C=O) groups excluding carboxylic acids is 1. The first-order valence-corrected chi connectivity index (χ1v) is 4.86. The van der Waals surface area contributed by atoms with Crippen LogP contribution in [0.25, 0.3) is 0 Å². The second kappa shape index (κ2) is 6.49. The highest BCUT2D eigenvalue weighted by atomic mass is 35.5. The van der Waals surface area contributed by atoms with Gasteiger partial charge in [-0.1, -0.05) is 0 Å². The summed E-state index contributed by atoms with van der Waals surface area (Å²) < 4.78 is 41.3. The first-order chi connectivity index (χ1) is 7.84. The van der Waals surface area contributed by atoms with Crippen LogP contribution >= 0.6 is 12.4 Å². The number of nitrogens with one attached hydrogen (secondary N) is 1. The van der Waals surface area contributed by atoms with Gasteiger partial charge in [0, 0.05) is 5.69 Å². The smallest absolute Gasteiger partial charge is 0.416 e. The van der Waals surface area contributed by atoms with Gasteiger partial charge in [0.2, 0.25) is 0 Å². The maximum atomic E-state index is 12.3. The first kappa shape index (κ1) is 16.6. The standard InChI is InChI=1S/C11H12F3NO2.ClH/c1-7(10(16)17-2)15-9-5-3-8(4-6-9)11(12,13)14;/h3-7,15H,1-2H3;1H/t7-;/m1./s1. The molecule has 0 amide bonds. The number of hydrogen-bond acceptors (Lipinski definition) is 3. The van der Waals surface area contributed by atoms with Crippen molar-refractivity contribution in [3.63, 3.8) is 0 Å². The molecule has 0 aliphatic rings. The monoisotopic (exact) mass is 283 g/mol. The minimum Gasteiger partial charge on any atom is -0.467 e. The first-order valence-electron chi connectivity index (χ1n) is 4.86. The summed E-state index contributed by atoms with van der Waals surface area (Å²) in [4.78, 5) is 11.1. The minimum atomic E-state index is -4.35. The van der Waals surface area contributed by atoms with Crippen LogP contribution in [0.5, 0.6) is 0 Å². The number of benzene rings is 1. The van der Waals surface area contributed by atoms with Crippen molar-refractivity contribution in [1.29, 1.82) is 0 Å². The molecule has 7 heteroatoms. The Labute approximate surface area is 109 Å². The third-order valence-corrected chi connectivity index (χ3v) is 2.15. The molecule has 1 rings (SSSR count). The third-order valence-electron chi connectivity index (χ3n) is 2.15. The molecule has 1 N–H and O–H groups in total. The Balaban J connectivity index is 0.00000289. The summed E-state index contributed by atoms with van der Waals surface area (Å²) in [6.45, 7) is 1.56. The average Bonchev–Trinajstić information content (AvgIpc) is 2.27. The van der Waals surface area contributed by atoms with Crippen LogP contribution in [0.2, 0.25) is 0 Å². The fraction of sp³-hybridized carbons (Fsp3) is 0.364. The molecular formula is C11H13ClF3NO2. The molecule has 0 aliphatic carbocycles. The molecule has 1 atom stereocenters. The molecule has 0 heterocycles. The van der Waals surface area contributed by atoms with Gasteiger partial charge in [0.05, 0.1) is 12.7 Å². The van der Waals surface area contributed by atoms with Crippen LogP contribution in [-0.4, -0.2) is 19.1 Å². The van der Waals surface area contributed by atoms with E-state index in [0.717, 1.165) is 12.1 Å². The fourth-order valence-corrected chi connectivity index (χ4v) is 1.24. The molecule has 18 heavy (non-hydrogen) atoms. The molecule has 0 unspecified atom stereocenters. The van der Waals surface area contributed by atoms with E-state index in [1.54, 1.807) is 6.92 Å². The Bertz CT molecular complexity index is 392. The van der Waals surface area contributed by atoms with Crippen LogP contribution in [0.4, 0.5) is 18.9 Å². The van der Waals surface area contributed by atoms with Crippen LogP contribution in [0.3, 0.4) is 0 Å². The maximum Gasteiger partial charge on any atom is 0.416 e. The minimum absolute atomic E-state index is 0. The quantitative estimate of drug-likeness (QED) is 0.866. The lowest BCUT2D eigenvalue weighted by atomic mass is 10.2. The molecule has 0 aromatic heterocycles. The van der Waals surface area contributed by atoms with Gasteiger partial charge in [0.1, 0.15) is 6.04 Å². The van der Waals surface area contributed by atoms with E-state index in [4.69, 9.17) is 0 Å². The van der Waals surface area contributed by atoms with Gasteiger partial charge < -0.3 is 10.1 Å². The summed E-state index contributed by atoms with van der Waals surface area (Å²) in [5.74, 6) is -0.482. The summed E-state index contributed by atoms with van der Waals surface area (Å²) in [6, 6.07) is 3.82. The van der Waals surface area contributed by atoms with E-state index in [1.165, 1.54) is 19.2 Å². The van der Waals surface area contributed by atoms with Crippen molar-refractivity contribution in [1.82, 2.24) is 0 Å². The van der Waals surface area contributed by atoms with E-state index in [2.05, 4.69) is 10.1 Å². The highest BCUT2D eigenvalue weighted by Gasteiger charge is 2.30. The van der Waals surface area contributed by atoms with E-state index in [1.807, 2.05) is 0 Å². The second-order valence-electron chi connectivity index (χ2n) is 3.46. The number of ether oxygens (including phenoxy) is 1. The van der Waals surface area contributed by atoms with E-state index in [0.29, 0.717) is 5.69 Å². The molecule has 0 saturated heterocycles. The summed E-state index contributed by atoms with van der Waals surface area (Å²) in [7, 11) is 1.24. The molecule has 1 aromatic rings. The number of anilines is 1. The lowest BCUT2D eigenvalue weighted by Gasteiger charge is -2.13. The Morgan fingerprint density at radius 3 is 2.17 bits per heavy atom. The van der Waals surface area contributed by atoms with Gasteiger partial charge in [-0.25, -0.2) is 4.79 Å². The molecule has 3 nitrogen and oxygen atoms in total. The van der Waals surface area contributed by atoms with E-state index in [9.17, 15) is 18.0 Å². The molecule has 0 spiro atoms. The molecule has 0 saturated carbocycles. The van der Waals surface area contributed by atoms with Crippen molar-refractivity contribution in [3.8, 4) is 0 Å². The highest BCUT2D eigenvalue weighted by Crippen LogP contribution is 2.29. The molecule has 0 bridgehead atoms. The van der Waals surface area contributed by atoms with Gasteiger partial charge in [-0.2, -0.15) is 13.2 Å². The van der Waals surface area contributed by atoms with Gasteiger partial charge in [-0.3, -0.25) is 0 Å². The van der Waals surface area contributed by atoms with Crippen molar-refractivity contribution >= 4 is 24.1 Å². The highest BCUT2D eigenvalue weighted by molar-refractivity contribution is 5.85. The number of carbonyl (C=O) groups is 1. The Hall–Kier alpha value is -1.43. The predicted octanol–water partition coefficient (Wildman–Crippen LogP) is 3.10. The number of halogens is 4. The van der Waals surface area contributed by atoms with Crippen LogP contribution in [-0.2, 0) is 15.7 Å². The van der Waals surface area contributed by atoms with Crippen molar-refractivity contribution in [3.05, 3.63) is 29.8 Å². The average molecular weight is 284 g/mol. The molecule has 1 aromatic carbocycles. The topological polar surface area (TPSA) is 38.3 Å². The van der Waals surface area contributed by atoms with Gasteiger partial charge in [0.15, 0.2) is 0 Å². The summed E-state index contributed by atoms with van der Waals surface area (Å²) in [5.41, 5.74) is -0.301. The third kappa shape index (κ3) is 4.44. The van der Waals surface area contributed by atoms with Crippen molar-refractivity contribution < 1.29 is 22.7 Å². The van der Waals surface area contributed by atoms with Crippen LogP contribution < -0.4 is 5.32 Å². The SMILES string of the molecule is COC(=O)[C@@H](C)Nc1ccc(C(F)(F)F)cc1.Cl. The van der Waals surface area contributed by atoms with E-state index < -0.39 is 23.8 Å². The number of alkyl halides is 3. The molecule has 102 valence electrons. The van der Waals surface area contributed by atoms with Crippen LogP contribution in [0.15, 0.2) is 24.3 Å². The van der Waals surface area contributed by atoms with Crippen molar-refractivity contribution in [2.45, 2.75) is 19.1 Å². The van der Waals surface area contributed by atoms with Crippen molar-refractivity contribution in [2.75, 3.05) is 12.4 Å². The summed E-state index contributed by atoms with van der Waals surface area (Å²) in [6.07, 6.45) is -4.35. The zero-order valence-electron chi connectivity index (χ0n) is 9.75. The van der Waals surface area contributed by atoms with Gasteiger partial charge in [-0.15, -0.1) is 12.4 Å². The maximum absolute atomic E-state index is 12.3. The number of rotatable bonds is 3. The second-order valence-corrected chi connectivity index (χ2v) is 3.46. The summed E-state index contributed by atoms with van der Waals surface area (Å²) in [5, 5.41) is 2.73. The van der Waals surface area contributed by atoms with Crippen molar-refractivity contribution in [2.24, 2.45) is 0 Å². The number of methoxy groups -OCH3 is 1. The predicted molar refractivity (Wildman–Crippen MR) is 63.8 cm³/mol. The summed E-state index contributed by atoms with van der Waals surface area (Å²) >= 11 is 0. The molecule has 0 fully saturated rings. The molecule has 0 aliphatic heterocycles. The van der Waals surface area contributed by atoms with Gasteiger partial charge >= 0.3 is 12.1 Å². The Kier molecular flexibility index (Phi) is 5.97. The lowest BCUT2D eigenvalue weighted by Crippen LogP contribution is -2.27. The van der Waals surface area contributed by atoms with Crippen LogP contribution in [0.1, 0.15) is 12.5 Å². The zero-order chi connectivity index (χ0) is 13.1. The zero-order valence-corrected chi connectivity index (χ0v) is 10.6. The molecule has 0 radical (unpaired) electrons. The van der Waals surface area contributed by atoms with Gasteiger partial charge in [0.25, 0.3) is 0 Å². The largest absolute Gasteiger partial charge is 0.467 e. The van der Waals surface area contributed by atoms with E-state index >= 15 is 0 Å². The van der Waals surface area contributed by atoms with Gasteiger partial charge in [-0.05, 0) is 31.2 Å². The number of hydrogen-bond donors (Lipinski definition) is 1. The Morgan fingerprint density at radius 2 is 1.78 bits per heavy atom. The van der Waals surface area contributed by atoms with Crippen LogP contribution in [0, 0.1) is 0 Å². The fourth-order valence-electron chi connectivity index (χ4n) is 1.24. The van der Waals surface area contributed by atoms with E-state index in [-0.39, 0.29) is 12.4 Å². The Morgan fingerprint density at radius 1 is 1.28 bits per heavy atom.